The van der Waals surface area contributed by atoms with Gasteiger partial charge in [-0.1, -0.05) is 26.0 Å². The third-order valence-corrected chi connectivity index (χ3v) is 2.71. The van der Waals surface area contributed by atoms with Gasteiger partial charge in [-0.2, -0.15) is 0 Å². The lowest BCUT2D eigenvalue weighted by Crippen LogP contribution is -1.87. The van der Waals surface area contributed by atoms with E-state index in [9.17, 15) is 5.11 Å². The number of aromatic hydroxyl groups is 1. The number of H-pyrrole nitrogens is 1. The monoisotopic (exact) mass is 216 g/mol. The van der Waals surface area contributed by atoms with Gasteiger partial charge in [0, 0.05) is 5.69 Å². The van der Waals surface area contributed by atoms with E-state index < -0.39 is 0 Å². The smallest absolute Gasteiger partial charge is 0.141 e. The van der Waals surface area contributed by atoms with E-state index in [-0.39, 0.29) is 5.75 Å². The van der Waals surface area contributed by atoms with Crippen molar-refractivity contribution < 1.29 is 5.11 Å². The Balaban J connectivity index is 2.49. The van der Waals surface area contributed by atoms with Crippen LogP contribution in [0, 0.1) is 0 Å². The zero-order valence-corrected chi connectivity index (χ0v) is 9.62. The first-order valence-electron chi connectivity index (χ1n) is 5.62. The summed E-state index contributed by atoms with van der Waals surface area (Å²) >= 11 is 0. The lowest BCUT2D eigenvalue weighted by atomic mass is 10.2. The Morgan fingerprint density at radius 1 is 1.19 bits per heavy atom. The number of benzene rings is 1. The SMILES string of the molecule is CCc1nc(-c2ccccc2O)[nH]c1CC. The Morgan fingerprint density at radius 2 is 1.94 bits per heavy atom. The molecule has 16 heavy (non-hydrogen) atoms. The number of hydrogen-bond acceptors (Lipinski definition) is 2. The number of aryl methyl sites for hydroxylation is 2. The summed E-state index contributed by atoms with van der Waals surface area (Å²) in [5.41, 5.74) is 3.00. The predicted molar refractivity (Wildman–Crippen MR) is 64.4 cm³/mol. The zero-order chi connectivity index (χ0) is 11.5. The molecule has 2 rings (SSSR count). The number of aromatic nitrogens is 2. The van der Waals surface area contributed by atoms with Gasteiger partial charge in [0.2, 0.25) is 0 Å². The molecular formula is C13H16N2O. The minimum Gasteiger partial charge on any atom is -0.507 e. The van der Waals surface area contributed by atoms with Gasteiger partial charge in [-0.15, -0.1) is 0 Å². The number of imidazole rings is 1. The fraction of sp³-hybridized carbons (Fsp3) is 0.308. The van der Waals surface area contributed by atoms with Crippen LogP contribution in [0.1, 0.15) is 25.2 Å². The molecule has 0 saturated heterocycles. The van der Waals surface area contributed by atoms with Crippen LogP contribution in [0.25, 0.3) is 11.4 Å². The summed E-state index contributed by atoms with van der Waals surface area (Å²) in [7, 11) is 0. The number of rotatable bonds is 3. The Bertz CT molecular complexity index is 467. The first-order valence-corrected chi connectivity index (χ1v) is 5.62. The molecule has 0 aliphatic rings. The molecular weight excluding hydrogens is 200 g/mol. The van der Waals surface area contributed by atoms with Gasteiger partial charge in [0.1, 0.15) is 11.6 Å². The molecule has 0 aliphatic carbocycles. The van der Waals surface area contributed by atoms with Crippen molar-refractivity contribution in [1.82, 2.24) is 9.97 Å². The summed E-state index contributed by atoms with van der Waals surface area (Å²) in [6.07, 6.45) is 1.84. The lowest BCUT2D eigenvalue weighted by Gasteiger charge is -1.99. The van der Waals surface area contributed by atoms with Crippen molar-refractivity contribution in [2.75, 3.05) is 0 Å². The Labute approximate surface area is 95.2 Å². The van der Waals surface area contributed by atoms with Crippen molar-refractivity contribution in [3.8, 4) is 17.1 Å². The maximum absolute atomic E-state index is 9.75. The molecule has 1 aromatic heterocycles. The first kappa shape index (κ1) is 10.7. The summed E-state index contributed by atoms with van der Waals surface area (Å²) in [5, 5.41) is 9.75. The maximum Gasteiger partial charge on any atom is 0.141 e. The van der Waals surface area contributed by atoms with Crippen LogP contribution in [-0.4, -0.2) is 15.1 Å². The van der Waals surface area contributed by atoms with Crippen molar-refractivity contribution in [3.63, 3.8) is 0 Å². The Kier molecular flexibility index (Phi) is 2.95. The molecule has 0 spiro atoms. The predicted octanol–water partition coefficient (Wildman–Crippen LogP) is 2.91. The molecule has 0 fully saturated rings. The summed E-state index contributed by atoms with van der Waals surface area (Å²) in [6.45, 7) is 4.19. The molecule has 0 bridgehead atoms. The highest BCUT2D eigenvalue weighted by molar-refractivity contribution is 5.64. The van der Waals surface area contributed by atoms with Crippen molar-refractivity contribution in [2.24, 2.45) is 0 Å². The molecule has 0 unspecified atom stereocenters. The molecule has 0 atom stereocenters. The molecule has 2 N–H and O–H groups in total. The van der Waals surface area contributed by atoms with Gasteiger partial charge >= 0.3 is 0 Å². The average Bonchev–Trinajstić information content (AvgIpc) is 2.72. The van der Waals surface area contributed by atoms with E-state index in [2.05, 4.69) is 23.8 Å². The third kappa shape index (κ3) is 1.81. The van der Waals surface area contributed by atoms with Gasteiger partial charge in [-0.25, -0.2) is 4.98 Å². The normalized spacial score (nSPS) is 10.6. The second kappa shape index (κ2) is 4.39. The summed E-state index contributed by atoms with van der Waals surface area (Å²) in [4.78, 5) is 7.78. The summed E-state index contributed by atoms with van der Waals surface area (Å²) in [6, 6.07) is 7.25. The number of nitrogens with one attached hydrogen (secondary N) is 1. The molecule has 0 amide bonds. The van der Waals surface area contributed by atoms with Crippen LogP contribution < -0.4 is 0 Å². The number of para-hydroxylation sites is 1. The van der Waals surface area contributed by atoms with Gasteiger partial charge < -0.3 is 10.1 Å². The quantitative estimate of drug-likeness (QED) is 0.828. The van der Waals surface area contributed by atoms with Crippen LogP contribution in [0.2, 0.25) is 0 Å². The van der Waals surface area contributed by atoms with E-state index in [4.69, 9.17) is 0 Å². The number of hydrogen-bond donors (Lipinski definition) is 2. The summed E-state index contributed by atoms with van der Waals surface area (Å²) in [5.74, 6) is 1.02. The molecule has 1 heterocycles. The Morgan fingerprint density at radius 3 is 2.50 bits per heavy atom. The van der Waals surface area contributed by atoms with Crippen LogP contribution >= 0.6 is 0 Å². The lowest BCUT2D eigenvalue weighted by molar-refractivity contribution is 0.477. The molecule has 1 aromatic carbocycles. The second-order valence-electron chi connectivity index (χ2n) is 3.73. The van der Waals surface area contributed by atoms with E-state index in [1.165, 1.54) is 0 Å². The molecule has 84 valence electrons. The molecule has 0 aliphatic heterocycles. The van der Waals surface area contributed by atoms with Gasteiger partial charge in [0.25, 0.3) is 0 Å². The fourth-order valence-electron chi connectivity index (χ4n) is 1.83. The molecule has 0 radical (unpaired) electrons. The number of phenolic OH excluding ortho intramolecular Hbond substituents is 1. The molecule has 3 nitrogen and oxygen atoms in total. The van der Waals surface area contributed by atoms with Crippen molar-refractivity contribution >= 4 is 0 Å². The van der Waals surface area contributed by atoms with Crippen LogP contribution in [0.4, 0.5) is 0 Å². The van der Waals surface area contributed by atoms with Crippen LogP contribution in [0.15, 0.2) is 24.3 Å². The van der Waals surface area contributed by atoms with Crippen molar-refractivity contribution in [2.45, 2.75) is 26.7 Å². The van der Waals surface area contributed by atoms with Crippen LogP contribution in [-0.2, 0) is 12.8 Å². The van der Waals surface area contributed by atoms with E-state index >= 15 is 0 Å². The highest BCUT2D eigenvalue weighted by Gasteiger charge is 2.11. The van der Waals surface area contributed by atoms with Crippen LogP contribution in [0.3, 0.4) is 0 Å². The topological polar surface area (TPSA) is 48.9 Å². The van der Waals surface area contributed by atoms with Gasteiger partial charge in [-0.05, 0) is 25.0 Å². The molecule has 0 saturated carbocycles. The number of aromatic amines is 1. The van der Waals surface area contributed by atoms with Crippen LogP contribution in [0.5, 0.6) is 5.75 Å². The van der Waals surface area contributed by atoms with E-state index in [1.807, 2.05) is 18.2 Å². The number of nitrogens with zero attached hydrogens (tertiary/aromatic N) is 1. The average molecular weight is 216 g/mol. The van der Waals surface area contributed by atoms with Gasteiger partial charge in [0.05, 0.1) is 11.3 Å². The Hall–Kier alpha value is -1.77. The molecule has 2 aromatic rings. The summed E-state index contributed by atoms with van der Waals surface area (Å²) < 4.78 is 0. The van der Waals surface area contributed by atoms with Gasteiger partial charge in [0.15, 0.2) is 0 Å². The van der Waals surface area contributed by atoms with E-state index in [0.29, 0.717) is 0 Å². The minimum atomic E-state index is 0.265. The van der Waals surface area contributed by atoms with Crippen molar-refractivity contribution in [1.29, 1.82) is 0 Å². The third-order valence-electron chi connectivity index (χ3n) is 2.71. The van der Waals surface area contributed by atoms with E-state index in [0.717, 1.165) is 35.6 Å². The van der Waals surface area contributed by atoms with E-state index in [1.54, 1.807) is 6.07 Å². The maximum atomic E-state index is 9.75. The van der Waals surface area contributed by atoms with Gasteiger partial charge in [-0.3, -0.25) is 0 Å². The number of phenols is 1. The largest absolute Gasteiger partial charge is 0.507 e. The first-order chi connectivity index (χ1) is 7.76. The zero-order valence-electron chi connectivity index (χ0n) is 9.62. The van der Waals surface area contributed by atoms with Crippen molar-refractivity contribution in [3.05, 3.63) is 35.7 Å². The highest BCUT2D eigenvalue weighted by atomic mass is 16.3. The molecule has 3 heteroatoms. The minimum absolute atomic E-state index is 0.265. The standard InChI is InChI=1S/C13H16N2O/c1-3-10-11(4-2)15-13(14-10)9-7-5-6-8-12(9)16/h5-8,16H,3-4H2,1-2H3,(H,14,15). The highest BCUT2D eigenvalue weighted by Crippen LogP contribution is 2.27. The fourth-order valence-corrected chi connectivity index (χ4v) is 1.83. The second-order valence-corrected chi connectivity index (χ2v) is 3.73.